The van der Waals surface area contributed by atoms with E-state index in [1.165, 1.54) is 62.5 Å². The molecular formula is C20H35N. The SMILES string of the molecule is CCCCCC(CCCCC)NCCc1ccccc1C. The second-order valence-electron chi connectivity index (χ2n) is 6.32. The van der Waals surface area contributed by atoms with Crippen LogP contribution in [0.3, 0.4) is 0 Å². The molecule has 0 aliphatic heterocycles. The van der Waals surface area contributed by atoms with Gasteiger partial charge in [0.15, 0.2) is 0 Å². The summed E-state index contributed by atoms with van der Waals surface area (Å²) in [6, 6.07) is 9.50. The molecule has 0 saturated heterocycles. The van der Waals surface area contributed by atoms with Crippen molar-refractivity contribution in [3.05, 3.63) is 35.4 Å². The Morgan fingerprint density at radius 2 is 1.52 bits per heavy atom. The number of nitrogens with one attached hydrogen (secondary N) is 1. The minimum absolute atomic E-state index is 0.729. The highest BCUT2D eigenvalue weighted by molar-refractivity contribution is 5.25. The summed E-state index contributed by atoms with van der Waals surface area (Å²) in [7, 11) is 0. The maximum absolute atomic E-state index is 3.81. The van der Waals surface area contributed by atoms with E-state index in [2.05, 4.69) is 50.4 Å². The van der Waals surface area contributed by atoms with Gasteiger partial charge < -0.3 is 5.32 Å². The number of unbranched alkanes of at least 4 members (excludes halogenated alkanes) is 4. The first-order chi connectivity index (χ1) is 10.3. The molecule has 120 valence electrons. The van der Waals surface area contributed by atoms with Crippen molar-refractivity contribution in [3.63, 3.8) is 0 Å². The summed E-state index contributed by atoms with van der Waals surface area (Å²) < 4.78 is 0. The molecule has 1 N–H and O–H groups in total. The first kappa shape index (κ1) is 18.2. The molecule has 1 heteroatoms. The van der Waals surface area contributed by atoms with Gasteiger partial charge in [-0.15, -0.1) is 0 Å². The van der Waals surface area contributed by atoms with Gasteiger partial charge in [-0.25, -0.2) is 0 Å². The lowest BCUT2D eigenvalue weighted by Crippen LogP contribution is -2.31. The second-order valence-corrected chi connectivity index (χ2v) is 6.32. The molecular weight excluding hydrogens is 254 g/mol. The van der Waals surface area contributed by atoms with Gasteiger partial charge in [-0.1, -0.05) is 76.6 Å². The predicted molar refractivity (Wildman–Crippen MR) is 95.0 cm³/mol. The van der Waals surface area contributed by atoms with Crippen molar-refractivity contribution in [3.8, 4) is 0 Å². The zero-order valence-corrected chi connectivity index (χ0v) is 14.5. The van der Waals surface area contributed by atoms with Crippen molar-refractivity contribution in [1.29, 1.82) is 0 Å². The monoisotopic (exact) mass is 289 g/mol. The fourth-order valence-corrected chi connectivity index (χ4v) is 2.93. The van der Waals surface area contributed by atoms with Gasteiger partial charge in [0.05, 0.1) is 0 Å². The zero-order chi connectivity index (χ0) is 15.3. The topological polar surface area (TPSA) is 12.0 Å². The van der Waals surface area contributed by atoms with Gasteiger partial charge >= 0.3 is 0 Å². The Labute approximate surface area is 132 Å². The molecule has 21 heavy (non-hydrogen) atoms. The van der Waals surface area contributed by atoms with Crippen LogP contribution in [0, 0.1) is 6.92 Å². The fourth-order valence-electron chi connectivity index (χ4n) is 2.93. The number of rotatable bonds is 12. The molecule has 0 unspecified atom stereocenters. The van der Waals surface area contributed by atoms with Crippen molar-refractivity contribution in [1.82, 2.24) is 5.32 Å². The quantitative estimate of drug-likeness (QED) is 0.490. The third-order valence-corrected chi connectivity index (χ3v) is 4.40. The molecule has 0 saturated carbocycles. The third kappa shape index (κ3) is 8.26. The van der Waals surface area contributed by atoms with Crippen LogP contribution >= 0.6 is 0 Å². The van der Waals surface area contributed by atoms with E-state index in [-0.39, 0.29) is 0 Å². The second kappa shape index (κ2) is 11.8. The van der Waals surface area contributed by atoms with Crippen molar-refractivity contribution >= 4 is 0 Å². The molecule has 1 rings (SSSR count). The summed E-state index contributed by atoms with van der Waals surface area (Å²) in [5.41, 5.74) is 2.92. The highest BCUT2D eigenvalue weighted by atomic mass is 14.9. The number of aryl methyl sites for hydroxylation is 1. The lowest BCUT2D eigenvalue weighted by atomic mass is 10.0. The largest absolute Gasteiger partial charge is 0.314 e. The number of hydrogen-bond donors (Lipinski definition) is 1. The molecule has 0 atom stereocenters. The van der Waals surface area contributed by atoms with Gasteiger partial charge in [-0.2, -0.15) is 0 Å². The summed E-state index contributed by atoms with van der Waals surface area (Å²) in [5.74, 6) is 0. The average Bonchev–Trinajstić information content (AvgIpc) is 2.49. The zero-order valence-electron chi connectivity index (χ0n) is 14.5. The lowest BCUT2D eigenvalue weighted by molar-refractivity contribution is 0.421. The molecule has 0 spiro atoms. The molecule has 1 aromatic rings. The predicted octanol–water partition coefficient (Wildman–Crippen LogP) is 5.66. The molecule has 0 bridgehead atoms. The van der Waals surface area contributed by atoms with Gasteiger partial charge in [0.2, 0.25) is 0 Å². The molecule has 0 radical (unpaired) electrons. The summed E-state index contributed by atoms with van der Waals surface area (Å²) in [5, 5.41) is 3.81. The molecule has 0 amide bonds. The molecule has 1 nitrogen and oxygen atoms in total. The van der Waals surface area contributed by atoms with Crippen LogP contribution in [0.15, 0.2) is 24.3 Å². The van der Waals surface area contributed by atoms with E-state index in [1.807, 2.05) is 0 Å². The Bertz CT molecular complexity index is 349. The van der Waals surface area contributed by atoms with E-state index >= 15 is 0 Å². The maximum Gasteiger partial charge on any atom is 0.00671 e. The van der Waals surface area contributed by atoms with E-state index in [1.54, 1.807) is 0 Å². The van der Waals surface area contributed by atoms with Gasteiger partial charge in [-0.3, -0.25) is 0 Å². The normalized spacial score (nSPS) is 11.2. The minimum atomic E-state index is 0.729. The van der Waals surface area contributed by atoms with Crippen LogP contribution in [0.5, 0.6) is 0 Å². The molecule has 0 fully saturated rings. The Morgan fingerprint density at radius 1 is 0.905 bits per heavy atom. The Hall–Kier alpha value is -0.820. The lowest BCUT2D eigenvalue weighted by Gasteiger charge is -2.19. The van der Waals surface area contributed by atoms with Crippen LogP contribution in [0.25, 0.3) is 0 Å². The Balaban J connectivity index is 2.31. The Kier molecular flexibility index (Phi) is 10.2. The standard InChI is InChI=1S/C20H35N/c1-4-6-8-14-20(15-9-7-5-2)21-17-16-19-13-11-10-12-18(19)3/h10-13,20-21H,4-9,14-17H2,1-3H3. The minimum Gasteiger partial charge on any atom is -0.314 e. The van der Waals surface area contributed by atoms with Gasteiger partial charge in [-0.05, 0) is 43.9 Å². The van der Waals surface area contributed by atoms with Crippen LogP contribution in [0.2, 0.25) is 0 Å². The summed E-state index contributed by atoms with van der Waals surface area (Å²) in [4.78, 5) is 0. The van der Waals surface area contributed by atoms with Crippen molar-refractivity contribution in [2.24, 2.45) is 0 Å². The molecule has 0 aromatic heterocycles. The summed E-state index contributed by atoms with van der Waals surface area (Å²) in [6.07, 6.45) is 12.0. The van der Waals surface area contributed by atoms with E-state index < -0.39 is 0 Å². The van der Waals surface area contributed by atoms with Gasteiger partial charge in [0.25, 0.3) is 0 Å². The average molecular weight is 290 g/mol. The van der Waals surface area contributed by atoms with Crippen LogP contribution in [0.4, 0.5) is 0 Å². The van der Waals surface area contributed by atoms with E-state index in [0.29, 0.717) is 0 Å². The third-order valence-electron chi connectivity index (χ3n) is 4.40. The van der Waals surface area contributed by atoms with Crippen LogP contribution in [-0.4, -0.2) is 12.6 Å². The smallest absolute Gasteiger partial charge is 0.00671 e. The summed E-state index contributed by atoms with van der Waals surface area (Å²) >= 11 is 0. The van der Waals surface area contributed by atoms with E-state index in [9.17, 15) is 0 Å². The Morgan fingerprint density at radius 3 is 2.10 bits per heavy atom. The molecule has 1 aromatic carbocycles. The highest BCUT2D eigenvalue weighted by Gasteiger charge is 2.07. The van der Waals surface area contributed by atoms with Crippen LogP contribution in [-0.2, 0) is 6.42 Å². The number of hydrogen-bond acceptors (Lipinski definition) is 1. The first-order valence-corrected chi connectivity index (χ1v) is 9.05. The van der Waals surface area contributed by atoms with Gasteiger partial charge in [0.1, 0.15) is 0 Å². The molecule has 0 aliphatic carbocycles. The summed E-state index contributed by atoms with van der Waals surface area (Å²) in [6.45, 7) is 7.92. The van der Waals surface area contributed by atoms with Crippen molar-refractivity contribution in [2.45, 2.75) is 84.6 Å². The first-order valence-electron chi connectivity index (χ1n) is 9.05. The van der Waals surface area contributed by atoms with Crippen molar-refractivity contribution < 1.29 is 0 Å². The number of benzene rings is 1. The maximum atomic E-state index is 3.81. The molecule has 0 heterocycles. The fraction of sp³-hybridized carbons (Fsp3) is 0.700. The van der Waals surface area contributed by atoms with E-state index in [0.717, 1.165) is 19.0 Å². The van der Waals surface area contributed by atoms with Gasteiger partial charge in [0, 0.05) is 6.04 Å². The van der Waals surface area contributed by atoms with Crippen LogP contribution < -0.4 is 5.32 Å². The van der Waals surface area contributed by atoms with Crippen LogP contribution in [0.1, 0.15) is 76.3 Å². The van der Waals surface area contributed by atoms with E-state index in [4.69, 9.17) is 0 Å². The molecule has 0 aliphatic rings. The van der Waals surface area contributed by atoms with Crippen molar-refractivity contribution in [2.75, 3.05) is 6.54 Å². The highest BCUT2D eigenvalue weighted by Crippen LogP contribution is 2.12.